The van der Waals surface area contributed by atoms with E-state index in [4.69, 9.17) is 14.6 Å². The first-order valence-corrected chi connectivity index (χ1v) is 5.59. The van der Waals surface area contributed by atoms with Crippen molar-refractivity contribution in [1.82, 2.24) is 0 Å². The standard InChI is InChI=1S/C6H10O5Si/c7-5(8)4-2-1-3-12(11-4)6(9)10/h4,12H,1-3H2,(H,7,8)(H,9,10). The van der Waals surface area contributed by atoms with Crippen molar-refractivity contribution in [1.29, 1.82) is 0 Å². The molecule has 0 aromatic carbocycles. The first-order chi connectivity index (χ1) is 5.61. The minimum atomic E-state index is -2.28. The molecular weight excluding hydrogens is 180 g/mol. The van der Waals surface area contributed by atoms with Gasteiger partial charge in [0, 0.05) is 0 Å². The number of carbonyl (C=O) groups is 2. The number of carboxylic acids is 1. The zero-order chi connectivity index (χ0) is 9.14. The maximum Gasteiger partial charge on any atom is 0.331 e. The average Bonchev–Trinajstić information content (AvgIpc) is 2.04. The van der Waals surface area contributed by atoms with Crippen molar-refractivity contribution in [3.63, 3.8) is 0 Å². The molecule has 1 saturated heterocycles. The van der Waals surface area contributed by atoms with Gasteiger partial charge in [0.15, 0.2) is 0 Å². The van der Waals surface area contributed by atoms with Crippen LogP contribution in [0.4, 0.5) is 4.79 Å². The van der Waals surface area contributed by atoms with Crippen LogP contribution in [0.15, 0.2) is 0 Å². The van der Waals surface area contributed by atoms with Gasteiger partial charge in [-0.05, 0) is 12.5 Å². The number of aliphatic carboxylic acids is 1. The van der Waals surface area contributed by atoms with Crippen LogP contribution in [0.3, 0.4) is 0 Å². The summed E-state index contributed by atoms with van der Waals surface area (Å²) in [5, 5.41) is 17.1. The van der Waals surface area contributed by atoms with E-state index < -0.39 is 26.7 Å². The fraction of sp³-hybridized carbons (Fsp3) is 0.667. The van der Waals surface area contributed by atoms with Crippen LogP contribution in [0.25, 0.3) is 0 Å². The lowest BCUT2D eigenvalue weighted by atomic mass is 10.2. The molecule has 0 radical (unpaired) electrons. The van der Waals surface area contributed by atoms with E-state index in [1.807, 2.05) is 0 Å². The largest absolute Gasteiger partial charge is 0.484 e. The fourth-order valence-corrected chi connectivity index (χ4v) is 2.94. The van der Waals surface area contributed by atoms with Crippen molar-refractivity contribution < 1.29 is 24.2 Å². The Morgan fingerprint density at radius 1 is 1.42 bits per heavy atom. The molecule has 1 rings (SSSR count). The molecule has 12 heavy (non-hydrogen) atoms. The molecule has 5 nitrogen and oxygen atoms in total. The van der Waals surface area contributed by atoms with E-state index in [-0.39, 0.29) is 0 Å². The third kappa shape index (κ3) is 2.05. The molecule has 0 aromatic rings. The molecule has 68 valence electrons. The van der Waals surface area contributed by atoms with Crippen LogP contribution >= 0.6 is 0 Å². The summed E-state index contributed by atoms with van der Waals surface area (Å²) in [7, 11) is -2.28. The quantitative estimate of drug-likeness (QED) is 0.609. The van der Waals surface area contributed by atoms with Gasteiger partial charge in [-0.1, -0.05) is 6.42 Å². The first-order valence-electron chi connectivity index (χ1n) is 3.72. The topological polar surface area (TPSA) is 83.8 Å². The minimum Gasteiger partial charge on any atom is -0.484 e. The summed E-state index contributed by atoms with van der Waals surface area (Å²) in [6.45, 7) is 0. The maximum atomic E-state index is 10.5. The Morgan fingerprint density at radius 3 is 2.58 bits per heavy atom. The van der Waals surface area contributed by atoms with Crippen molar-refractivity contribution in [2.24, 2.45) is 0 Å². The van der Waals surface area contributed by atoms with Crippen LogP contribution in [0.5, 0.6) is 0 Å². The third-order valence-corrected chi connectivity index (χ3v) is 3.95. The molecule has 2 atom stereocenters. The predicted molar refractivity (Wildman–Crippen MR) is 41.7 cm³/mol. The second-order valence-electron chi connectivity index (χ2n) is 2.72. The lowest BCUT2D eigenvalue weighted by Crippen LogP contribution is -2.40. The maximum absolute atomic E-state index is 10.5. The average molecular weight is 190 g/mol. The number of hydrogen-bond acceptors (Lipinski definition) is 3. The highest BCUT2D eigenvalue weighted by Crippen LogP contribution is 2.17. The minimum absolute atomic E-state index is 0.437. The van der Waals surface area contributed by atoms with E-state index in [1.54, 1.807) is 0 Å². The first kappa shape index (κ1) is 9.21. The molecule has 1 aliphatic rings. The van der Waals surface area contributed by atoms with E-state index in [2.05, 4.69) is 0 Å². The molecule has 0 aliphatic carbocycles. The summed E-state index contributed by atoms with van der Waals surface area (Å²) in [6, 6.07) is 0.541. The van der Waals surface area contributed by atoms with E-state index in [0.717, 1.165) is 0 Å². The fourth-order valence-electron chi connectivity index (χ4n) is 1.19. The molecule has 0 spiro atoms. The van der Waals surface area contributed by atoms with Gasteiger partial charge in [-0.3, -0.25) is 4.79 Å². The summed E-state index contributed by atoms with van der Waals surface area (Å²) in [5.41, 5.74) is -0.944. The Hall–Kier alpha value is -0.883. The Bertz CT molecular complexity index is 184. The summed E-state index contributed by atoms with van der Waals surface area (Å²) >= 11 is 0. The Kier molecular flexibility index (Phi) is 2.82. The number of rotatable bonds is 2. The van der Waals surface area contributed by atoms with Crippen molar-refractivity contribution in [2.75, 3.05) is 0 Å². The summed E-state index contributed by atoms with van der Waals surface area (Å²) < 4.78 is 4.95. The van der Waals surface area contributed by atoms with Gasteiger partial charge < -0.3 is 14.6 Å². The van der Waals surface area contributed by atoms with E-state index in [0.29, 0.717) is 18.9 Å². The predicted octanol–water partition coefficient (Wildman–Crippen LogP) is 0.234. The van der Waals surface area contributed by atoms with Crippen molar-refractivity contribution in [3.05, 3.63) is 0 Å². The molecule has 0 amide bonds. The molecule has 2 N–H and O–H groups in total. The van der Waals surface area contributed by atoms with Gasteiger partial charge in [0.25, 0.3) is 5.59 Å². The molecule has 2 unspecified atom stereocenters. The highest BCUT2D eigenvalue weighted by atomic mass is 28.3. The number of hydrogen-bond donors (Lipinski definition) is 2. The lowest BCUT2D eigenvalue weighted by Gasteiger charge is -2.23. The second kappa shape index (κ2) is 3.68. The Labute approximate surface area is 70.7 Å². The molecule has 1 aliphatic heterocycles. The van der Waals surface area contributed by atoms with Crippen molar-refractivity contribution in [3.8, 4) is 0 Å². The SMILES string of the molecule is O=C(O)C1CCC[SiH](C(=O)O)O1. The van der Waals surface area contributed by atoms with Crippen LogP contribution in [-0.4, -0.2) is 36.9 Å². The number of carboxylic acid groups (broad SMARTS) is 2. The van der Waals surface area contributed by atoms with Crippen molar-refractivity contribution >= 4 is 20.6 Å². The smallest absolute Gasteiger partial charge is 0.331 e. The zero-order valence-electron chi connectivity index (χ0n) is 6.40. The van der Waals surface area contributed by atoms with Gasteiger partial charge in [0.1, 0.15) is 6.10 Å². The second-order valence-corrected chi connectivity index (χ2v) is 5.04. The third-order valence-electron chi connectivity index (χ3n) is 1.81. The van der Waals surface area contributed by atoms with Gasteiger partial charge in [0.05, 0.1) is 0 Å². The zero-order valence-corrected chi connectivity index (χ0v) is 7.55. The molecule has 1 fully saturated rings. The summed E-state index contributed by atoms with van der Waals surface area (Å²) in [4.78, 5) is 20.9. The summed E-state index contributed by atoms with van der Waals surface area (Å²) in [5.74, 6) is -1.05. The van der Waals surface area contributed by atoms with Crippen molar-refractivity contribution in [2.45, 2.75) is 25.0 Å². The van der Waals surface area contributed by atoms with E-state index in [1.165, 1.54) is 0 Å². The summed E-state index contributed by atoms with van der Waals surface area (Å²) in [6.07, 6.45) is 0.207. The molecule has 0 saturated carbocycles. The van der Waals surface area contributed by atoms with Crippen LogP contribution in [0.2, 0.25) is 6.04 Å². The van der Waals surface area contributed by atoms with Gasteiger partial charge in [-0.2, -0.15) is 0 Å². The molecular formula is C6H10O5Si. The molecule has 6 heteroatoms. The highest BCUT2D eigenvalue weighted by Gasteiger charge is 2.33. The molecule has 0 aromatic heterocycles. The van der Waals surface area contributed by atoms with Crippen LogP contribution < -0.4 is 0 Å². The molecule has 0 bridgehead atoms. The lowest BCUT2D eigenvalue weighted by molar-refractivity contribution is -0.146. The van der Waals surface area contributed by atoms with Crippen LogP contribution in [0, 0.1) is 0 Å². The Balaban J connectivity index is 2.51. The highest BCUT2D eigenvalue weighted by molar-refractivity contribution is 6.83. The molecule has 1 heterocycles. The van der Waals surface area contributed by atoms with Crippen LogP contribution in [0.1, 0.15) is 12.8 Å². The normalized spacial score (nSPS) is 29.7. The van der Waals surface area contributed by atoms with E-state index in [9.17, 15) is 9.59 Å². The Morgan fingerprint density at radius 2 is 2.08 bits per heavy atom. The van der Waals surface area contributed by atoms with Gasteiger partial charge in [-0.25, -0.2) is 4.79 Å². The van der Waals surface area contributed by atoms with Gasteiger partial charge >= 0.3 is 15.0 Å². The van der Waals surface area contributed by atoms with E-state index >= 15 is 0 Å². The van der Waals surface area contributed by atoms with Gasteiger partial charge in [-0.15, -0.1) is 0 Å². The van der Waals surface area contributed by atoms with Crippen LogP contribution in [-0.2, 0) is 9.22 Å². The van der Waals surface area contributed by atoms with Gasteiger partial charge in [0.2, 0.25) is 0 Å². The monoisotopic (exact) mass is 190 g/mol.